The minimum atomic E-state index is 0.833. The van der Waals surface area contributed by atoms with Crippen LogP contribution in [0.5, 0.6) is 0 Å². The zero-order valence-corrected chi connectivity index (χ0v) is 25.7. The van der Waals surface area contributed by atoms with Crippen molar-refractivity contribution in [3.63, 3.8) is 0 Å². The first-order valence-electron chi connectivity index (χ1n) is 13.5. The highest BCUT2D eigenvalue weighted by Gasteiger charge is 1.95. The molecule has 0 saturated heterocycles. The standard InChI is InChI=1S/C6H6.C5H5N.3C4H10.C3H6.3C2H6/c2*1-2-4-6-5-3-1;3*1-4(2)3;1-2-3-1;3*1-2/h1-6H;1-5H;3*4H,1-3H3;1-3H2;3*1-2H3. The van der Waals surface area contributed by atoms with Gasteiger partial charge in [-0.2, -0.15) is 0 Å². The monoisotopic (exact) mass is 464 g/mol. The molecule has 1 aliphatic carbocycles. The molecule has 3 rings (SSSR count). The number of hydrogen-bond acceptors (Lipinski definition) is 1. The number of aromatic nitrogens is 1. The van der Waals surface area contributed by atoms with Crippen LogP contribution in [-0.2, 0) is 0 Å². The van der Waals surface area contributed by atoms with Crippen LogP contribution in [0.3, 0.4) is 0 Å². The molecule has 198 valence electrons. The third-order valence-corrected chi connectivity index (χ3v) is 1.59. The van der Waals surface area contributed by atoms with Gasteiger partial charge in [-0.25, -0.2) is 0 Å². The summed E-state index contributed by atoms with van der Waals surface area (Å²) in [6.45, 7) is 31.5. The smallest absolute Gasteiger partial charge is 0.0267 e. The molecule has 1 nitrogen and oxygen atoms in total. The van der Waals surface area contributed by atoms with Crippen molar-refractivity contribution in [3.05, 3.63) is 67.0 Å². The molecule has 33 heavy (non-hydrogen) atoms. The van der Waals surface area contributed by atoms with Crippen molar-refractivity contribution in [3.8, 4) is 0 Å². The van der Waals surface area contributed by atoms with E-state index in [1.54, 1.807) is 12.4 Å². The SMILES string of the molecule is C1CC1.CC.CC.CC.CC(C)C.CC(C)C.CC(C)C.c1ccccc1.c1ccncc1. The second kappa shape index (κ2) is 52.4. The lowest BCUT2D eigenvalue weighted by atomic mass is 10.3. The molecule has 1 aromatic heterocycles. The van der Waals surface area contributed by atoms with E-state index in [2.05, 4.69) is 67.3 Å². The van der Waals surface area contributed by atoms with Gasteiger partial charge in [0.15, 0.2) is 0 Å². The molecule has 2 aromatic rings. The lowest BCUT2D eigenvalue weighted by Crippen LogP contribution is -1.66. The van der Waals surface area contributed by atoms with Gasteiger partial charge in [0.2, 0.25) is 0 Å². The molecule has 0 bridgehead atoms. The first kappa shape index (κ1) is 45.0. The predicted octanol–water partition coefficient (Wildman–Crippen LogP) is 12.0. The summed E-state index contributed by atoms with van der Waals surface area (Å²) in [5, 5.41) is 0. The van der Waals surface area contributed by atoms with E-state index in [4.69, 9.17) is 0 Å². The highest BCUT2D eigenvalue weighted by molar-refractivity contribution is 4.99. The van der Waals surface area contributed by atoms with Crippen LogP contribution >= 0.6 is 0 Å². The molecule has 0 aliphatic heterocycles. The fourth-order valence-corrected chi connectivity index (χ4v) is 0.698. The zero-order chi connectivity index (χ0) is 27.3. The summed E-state index contributed by atoms with van der Waals surface area (Å²) in [4.78, 5) is 3.78. The van der Waals surface area contributed by atoms with Gasteiger partial charge in [0.05, 0.1) is 0 Å². The van der Waals surface area contributed by atoms with Gasteiger partial charge in [-0.05, 0) is 29.9 Å². The molecule has 1 saturated carbocycles. The Morgan fingerprint density at radius 3 is 0.576 bits per heavy atom. The van der Waals surface area contributed by atoms with E-state index < -0.39 is 0 Å². The molecule has 0 radical (unpaired) electrons. The topological polar surface area (TPSA) is 12.9 Å². The summed E-state index contributed by atoms with van der Waals surface area (Å²) in [6.07, 6.45) is 8.00. The fraction of sp³-hybridized carbons (Fsp3) is 0.656. The molecule has 1 heterocycles. The Hall–Kier alpha value is -1.63. The van der Waals surface area contributed by atoms with Gasteiger partial charge in [-0.1, -0.05) is 166 Å². The summed E-state index contributed by atoms with van der Waals surface area (Å²) in [7, 11) is 0. The van der Waals surface area contributed by atoms with Crippen LogP contribution in [0.4, 0.5) is 0 Å². The normalized spacial score (nSPS) is 8.91. The van der Waals surface area contributed by atoms with Gasteiger partial charge < -0.3 is 0 Å². The first-order chi connectivity index (χ1) is 15.7. The highest BCUT2D eigenvalue weighted by Crippen LogP contribution is 2.14. The van der Waals surface area contributed by atoms with Crippen molar-refractivity contribution in [2.45, 2.75) is 123 Å². The quantitative estimate of drug-likeness (QED) is 0.378. The van der Waals surface area contributed by atoms with Gasteiger partial charge in [-0.15, -0.1) is 0 Å². The molecular formula is C32H65N. The highest BCUT2D eigenvalue weighted by atomic mass is 14.6. The second-order valence-electron chi connectivity index (χ2n) is 8.44. The van der Waals surface area contributed by atoms with Crippen molar-refractivity contribution in [2.75, 3.05) is 0 Å². The van der Waals surface area contributed by atoms with Crippen molar-refractivity contribution in [1.29, 1.82) is 0 Å². The molecule has 1 heteroatoms. The molecule has 0 amide bonds. The Bertz CT molecular complexity index is 309. The molecule has 0 N–H and O–H groups in total. The average molecular weight is 464 g/mol. The Labute approximate surface area is 212 Å². The lowest BCUT2D eigenvalue weighted by molar-refractivity contribution is 0.736. The Balaban J connectivity index is -0.0000000642. The molecule has 1 aromatic carbocycles. The first-order valence-corrected chi connectivity index (χ1v) is 13.5. The van der Waals surface area contributed by atoms with Crippen molar-refractivity contribution < 1.29 is 0 Å². The van der Waals surface area contributed by atoms with E-state index in [1.165, 1.54) is 19.3 Å². The largest absolute Gasteiger partial charge is 0.265 e. The summed E-state index contributed by atoms with van der Waals surface area (Å²) < 4.78 is 0. The van der Waals surface area contributed by atoms with E-state index >= 15 is 0 Å². The number of benzene rings is 1. The predicted molar refractivity (Wildman–Crippen MR) is 160 cm³/mol. The molecule has 0 spiro atoms. The third-order valence-electron chi connectivity index (χ3n) is 1.59. The van der Waals surface area contributed by atoms with E-state index in [-0.39, 0.29) is 0 Å². The molecule has 1 aliphatic rings. The van der Waals surface area contributed by atoms with Gasteiger partial charge in [0.1, 0.15) is 0 Å². The second-order valence-corrected chi connectivity index (χ2v) is 8.44. The molecular weight excluding hydrogens is 398 g/mol. The number of nitrogens with zero attached hydrogens (tertiary/aromatic N) is 1. The number of pyridine rings is 1. The van der Waals surface area contributed by atoms with Crippen LogP contribution in [0.25, 0.3) is 0 Å². The van der Waals surface area contributed by atoms with Crippen LogP contribution in [0.2, 0.25) is 0 Å². The van der Waals surface area contributed by atoms with Crippen LogP contribution in [0.1, 0.15) is 123 Å². The van der Waals surface area contributed by atoms with Crippen LogP contribution in [0.15, 0.2) is 67.0 Å². The number of rotatable bonds is 0. The molecule has 1 fully saturated rings. The maximum absolute atomic E-state index is 3.78. The van der Waals surface area contributed by atoms with Crippen molar-refractivity contribution in [2.24, 2.45) is 17.8 Å². The summed E-state index contributed by atoms with van der Waals surface area (Å²) in [6, 6.07) is 17.7. The Morgan fingerprint density at radius 2 is 0.515 bits per heavy atom. The van der Waals surface area contributed by atoms with Gasteiger partial charge in [0.25, 0.3) is 0 Å². The van der Waals surface area contributed by atoms with E-state index in [1.807, 2.05) is 96.1 Å². The maximum Gasteiger partial charge on any atom is 0.0267 e. The summed E-state index contributed by atoms with van der Waals surface area (Å²) in [5.41, 5.74) is 0. The maximum atomic E-state index is 3.78. The third kappa shape index (κ3) is 189. The van der Waals surface area contributed by atoms with Crippen molar-refractivity contribution in [1.82, 2.24) is 4.98 Å². The molecule has 0 atom stereocenters. The minimum Gasteiger partial charge on any atom is -0.265 e. The Morgan fingerprint density at radius 1 is 0.364 bits per heavy atom. The van der Waals surface area contributed by atoms with E-state index in [0.717, 1.165) is 17.8 Å². The average Bonchev–Trinajstić information content (AvgIpc) is 3.69. The number of hydrogen-bond donors (Lipinski definition) is 0. The minimum absolute atomic E-state index is 0.833. The van der Waals surface area contributed by atoms with E-state index in [0.29, 0.717) is 0 Å². The summed E-state index contributed by atoms with van der Waals surface area (Å²) >= 11 is 0. The fourth-order valence-electron chi connectivity index (χ4n) is 0.698. The van der Waals surface area contributed by atoms with Gasteiger partial charge in [0, 0.05) is 12.4 Å². The van der Waals surface area contributed by atoms with Crippen LogP contribution in [-0.4, -0.2) is 4.98 Å². The van der Waals surface area contributed by atoms with Gasteiger partial charge >= 0.3 is 0 Å². The Kier molecular flexibility index (Phi) is 71.3. The lowest BCUT2D eigenvalue weighted by Gasteiger charge is -1.79. The molecule has 0 unspecified atom stereocenters. The van der Waals surface area contributed by atoms with Crippen LogP contribution < -0.4 is 0 Å². The zero-order valence-electron chi connectivity index (χ0n) is 25.7. The van der Waals surface area contributed by atoms with Crippen molar-refractivity contribution >= 4 is 0 Å². The summed E-state index contributed by atoms with van der Waals surface area (Å²) in [5.74, 6) is 2.50. The van der Waals surface area contributed by atoms with E-state index in [9.17, 15) is 0 Å². The van der Waals surface area contributed by atoms with Gasteiger partial charge in [-0.3, -0.25) is 4.98 Å². The van der Waals surface area contributed by atoms with Crippen LogP contribution in [0, 0.1) is 17.8 Å².